The summed E-state index contributed by atoms with van der Waals surface area (Å²) < 4.78 is 5.12. The predicted octanol–water partition coefficient (Wildman–Crippen LogP) is 2.64. The zero-order chi connectivity index (χ0) is 18.2. The maximum absolute atomic E-state index is 12.3. The first kappa shape index (κ1) is 18.3. The average Bonchev–Trinajstić information content (AvgIpc) is 2.62. The van der Waals surface area contributed by atoms with E-state index in [-0.39, 0.29) is 17.4 Å². The Kier molecular flexibility index (Phi) is 6.33. The summed E-state index contributed by atoms with van der Waals surface area (Å²) in [5.41, 5.74) is 1.03. The molecule has 0 bridgehead atoms. The number of esters is 1. The lowest BCUT2D eigenvalue weighted by Gasteiger charge is -2.12. The van der Waals surface area contributed by atoms with Gasteiger partial charge in [-0.2, -0.15) is 0 Å². The number of anilines is 1. The van der Waals surface area contributed by atoms with Crippen LogP contribution in [0, 0.1) is 0 Å². The summed E-state index contributed by atoms with van der Waals surface area (Å²) in [5, 5.41) is 2.74. The number of hydrogen-bond acceptors (Lipinski definition) is 6. The van der Waals surface area contributed by atoms with Gasteiger partial charge >= 0.3 is 5.97 Å². The van der Waals surface area contributed by atoms with Gasteiger partial charge in [0.2, 0.25) is 11.7 Å². The number of nitrogens with zero attached hydrogens (tertiary/aromatic N) is 2. The molecule has 1 N–H and O–H groups in total. The van der Waals surface area contributed by atoms with Crippen LogP contribution in [0.3, 0.4) is 0 Å². The van der Waals surface area contributed by atoms with E-state index in [2.05, 4.69) is 15.3 Å². The molecule has 7 heteroatoms. The third kappa shape index (κ3) is 5.20. The van der Waals surface area contributed by atoms with E-state index in [1.165, 1.54) is 25.5 Å². The number of carbonyl (C=O) groups excluding carboxylic acids is 3. The zero-order valence-corrected chi connectivity index (χ0v) is 14.1. The van der Waals surface area contributed by atoms with Gasteiger partial charge in [-0.3, -0.25) is 14.6 Å². The fraction of sp³-hybridized carbons (Fsp3) is 0.278. The smallest absolute Gasteiger partial charge is 0.359 e. The Morgan fingerprint density at radius 3 is 2.48 bits per heavy atom. The van der Waals surface area contributed by atoms with Gasteiger partial charge in [-0.25, -0.2) is 9.78 Å². The van der Waals surface area contributed by atoms with E-state index >= 15 is 0 Å². The summed E-state index contributed by atoms with van der Waals surface area (Å²) >= 11 is 0. The van der Waals surface area contributed by atoms with Gasteiger partial charge in [0, 0.05) is 30.1 Å². The van der Waals surface area contributed by atoms with Crippen LogP contribution in [0.5, 0.6) is 0 Å². The molecule has 1 heterocycles. The number of ketones is 1. The van der Waals surface area contributed by atoms with E-state index in [0.717, 1.165) is 6.42 Å². The molecule has 0 unspecified atom stereocenters. The summed E-state index contributed by atoms with van der Waals surface area (Å²) in [6.07, 6.45) is 4.32. The number of aromatic nitrogens is 2. The standard InChI is InChI=1S/C18H19N3O4/c1-3-4-16(22)21-14-7-5-13(6-8-14)17(23)12(2)25-18(24)15-11-19-9-10-20-15/h5-12H,3-4H2,1-2H3,(H,21,22)/t12-/m1/s1. The second kappa shape index (κ2) is 8.68. The highest BCUT2D eigenvalue weighted by molar-refractivity contribution is 6.01. The second-order valence-corrected chi connectivity index (χ2v) is 5.38. The van der Waals surface area contributed by atoms with Crippen LogP contribution >= 0.6 is 0 Å². The third-order valence-corrected chi connectivity index (χ3v) is 3.36. The highest BCUT2D eigenvalue weighted by Gasteiger charge is 2.21. The molecule has 0 saturated carbocycles. The molecular formula is C18H19N3O4. The number of Topliss-reactive ketones (excluding diaryl/α,β-unsaturated/α-hetero) is 1. The average molecular weight is 341 g/mol. The molecule has 0 aliphatic rings. The Morgan fingerprint density at radius 1 is 1.16 bits per heavy atom. The van der Waals surface area contributed by atoms with Crippen molar-refractivity contribution in [2.24, 2.45) is 0 Å². The lowest BCUT2D eigenvalue weighted by atomic mass is 10.1. The second-order valence-electron chi connectivity index (χ2n) is 5.38. The van der Waals surface area contributed by atoms with E-state index in [4.69, 9.17) is 4.74 Å². The molecular weight excluding hydrogens is 322 g/mol. The van der Waals surface area contributed by atoms with Crippen LogP contribution in [0.4, 0.5) is 5.69 Å². The summed E-state index contributed by atoms with van der Waals surface area (Å²) in [7, 11) is 0. The molecule has 0 saturated heterocycles. The van der Waals surface area contributed by atoms with Gasteiger partial charge in [-0.1, -0.05) is 6.92 Å². The van der Waals surface area contributed by atoms with Gasteiger partial charge in [-0.05, 0) is 37.6 Å². The fourth-order valence-corrected chi connectivity index (χ4v) is 2.08. The summed E-state index contributed by atoms with van der Waals surface area (Å²) in [6.45, 7) is 3.42. The number of ether oxygens (including phenoxy) is 1. The first-order valence-corrected chi connectivity index (χ1v) is 7.92. The van der Waals surface area contributed by atoms with E-state index in [9.17, 15) is 14.4 Å². The highest BCUT2D eigenvalue weighted by Crippen LogP contribution is 2.13. The lowest BCUT2D eigenvalue weighted by Crippen LogP contribution is -2.25. The minimum atomic E-state index is -0.963. The van der Waals surface area contributed by atoms with Crippen molar-refractivity contribution in [3.63, 3.8) is 0 Å². The first-order chi connectivity index (χ1) is 12.0. The zero-order valence-electron chi connectivity index (χ0n) is 14.1. The molecule has 2 aromatic rings. The molecule has 7 nitrogen and oxygen atoms in total. The van der Waals surface area contributed by atoms with Crippen LogP contribution in [0.1, 0.15) is 47.5 Å². The first-order valence-electron chi connectivity index (χ1n) is 7.92. The highest BCUT2D eigenvalue weighted by atomic mass is 16.5. The number of benzene rings is 1. The predicted molar refractivity (Wildman–Crippen MR) is 91.2 cm³/mol. The fourth-order valence-electron chi connectivity index (χ4n) is 2.08. The number of rotatable bonds is 7. The third-order valence-electron chi connectivity index (χ3n) is 3.36. The molecule has 1 aromatic carbocycles. The molecule has 0 fully saturated rings. The van der Waals surface area contributed by atoms with Crippen molar-refractivity contribution < 1.29 is 19.1 Å². The van der Waals surface area contributed by atoms with E-state index in [0.29, 0.717) is 17.7 Å². The lowest BCUT2D eigenvalue weighted by molar-refractivity contribution is -0.116. The van der Waals surface area contributed by atoms with Crippen molar-refractivity contribution in [2.75, 3.05) is 5.32 Å². The molecule has 2 rings (SSSR count). The van der Waals surface area contributed by atoms with Crippen molar-refractivity contribution in [1.82, 2.24) is 9.97 Å². The minimum absolute atomic E-state index is 0.0381. The largest absolute Gasteiger partial charge is 0.449 e. The summed E-state index contributed by atoms with van der Waals surface area (Å²) in [5.74, 6) is -1.13. The van der Waals surface area contributed by atoms with Crippen LogP contribution in [0.15, 0.2) is 42.9 Å². The SMILES string of the molecule is CCCC(=O)Nc1ccc(C(=O)[C@@H](C)OC(=O)c2cnccn2)cc1. The number of amides is 1. The maximum atomic E-state index is 12.3. The molecule has 0 radical (unpaired) electrons. The van der Waals surface area contributed by atoms with Gasteiger partial charge in [0.1, 0.15) is 0 Å². The van der Waals surface area contributed by atoms with Gasteiger partial charge in [0.05, 0.1) is 6.20 Å². The van der Waals surface area contributed by atoms with Crippen molar-refractivity contribution in [3.05, 3.63) is 54.1 Å². The van der Waals surface area contributed by atoms with Crippen LogP contribution in [-0.2, 0) is 9.53 Å². The van der Waals surface area contributed by atoms with Crippen LogP contribution in [0.2, 0.25) is 0 Å². The Balaban J connectivity index is 1.97. The van der Waals surface area contributed by atoms with E-state index < -0.39 is 12.1 Å². The van der Waals surface area contributed by atoms with Crippen LogP contribution < -0.4 is 5.32 Å². The van der Waals surface area contributed by atoms with Gasteiger partial charge in [0.15, 0.2) is 11.8 Å². The van der Waals surface area contributed by atoms with Crippen molar-refractivity contribution >= 4 is 23.3 Å². The van der Waals surface area contributed by atoms with Gasteiger partial charge in [-0.15, -0.1) is 0 Å². The molecule has 0 aliphatic heterocycles. The normalized spacial score (nSPS) is 11.4. The summed E-state index contributed by atoms with van der Waals surface area (Å²) in [6, 6.07) is 6.43. The molecule has 130 valence electrons. The Bertz CT molecular complexity index is 745. The Labute approximate surface area is 145 Å². The topological polar surface area (TPSA) is 98.2 Å². The Morgan fingerprint density at radius 2 is 1.88 bits per heavy atom. The number of hydrogen-bond donors (Lipinski definition) is 1. The van der Waals surface area contributed by atoms with Gasteiger partial charge in [0.25, 0.3) is 0 Å². The number of nitrogens with one attached hydrogen (secondary N) is 1. The van der Waals surface area contributed by atoms with Crippen molar-refractivity contribution in [2.45, 2.75) is 32.8 Å². The van der Waals surface area contributed by atoms with E-state index in [1.54, 1.807) is 24.3 Å². The molecule has 1 aromatic heterocycles. The molecule has 1 atom stereocenters. The molecule has 0 aliphatic carbocycles. The van der Waals surface area contributed by atoms with Crippen LogP contribution in [-0.4, -0.2) is 33.7 Å². The Hall–Kier alpha value is -3.09. The van der Waals surface area contributed by atoms with E-state index in [1.807, 2.05) is 6.92 Å². The van der Waals surface area contributed by atoms with Crippen molar-refractivity contribution in [3.8, 4) is 0 Å². The molecule has 25 heavy (non-hydrogen) atoms. The molecule has 0 spiro atoms. The minimum Gasteiger partial charge on any atom is -0.449 e. The van der Waals surface area contributed by atoms with Crippen molar-refractivity contribution in [1.29, 1.82) is 0 Å². The monoisotopic (exact) mass is 341 g/mol. The quantitative estimate of drug-likeness (QED) is 0.614. The van der Waals surface area contributed by atoms with Gasteiger partial charge < -0.3 is 10.1 Å². The van der Waals surface area contributed by atoms with Crippen LogP contribution in [0.25, 0.3) is 0 Å². The number of carbonyl (C=O) groups is 3. The summed E-state index contributed by atoms with van der Waals surface area (Å²) in [4.78, 5) is 43.4. The molecule has 1 amide bonds. The maximum Gasteiger partial charge on any atom is 0.359 e.